The maximum atomic E-state index is 12.8. The van der Waals surface area contributed by atoms with Crippen LogP contribution in [0.5, 0.6) is 5.75 Å². The summed E-state index contributed by atoms with van der Waals surface area (Å²) in [4.78, 5) is 38.1. The Hall–Kier alpha value is -3.12. The first-order chi connectivity index (χ1) is 13.4. The van der Waals surface area contributed by atoms with Crippen molar-refractivity contribution < 1.29 is 19.1 Å². The van der Waals surface area contributed by atoms with Crippen LogP contribution in [0.4, 0.5) is 10.5 Å². The van der Waals surface area contributed by atoms with Gasteiger partial charge in [-0.2, -0.15) is 0 Å². The average molecular weight is 399 g/mol. The lowest BCUT2D eigenvalue weighted by atomic mass is 10.1. The van der Waals surface area contributed by atoms with Crippen molar-refractivity contribution in [1.29, 1.82) is 0 Å². The number of nitrogens with zero attached hydrogens (tertiary/aromatic N) is 1. The first-order valence-corrected chi connectivity index (χ1v) is 9.20. The molecule has 1 fully saturated rings. The van der Waals surface area contributed by atoms with Crippen LogP contribution in [0.15, 0.2) is 54.1 Å². The van der Waals surface area contributed by atoms with Crippen molar-refractivity contribution in [1.82, 2.24) is 5.32 Å². The van der Waals surface area contributed by atoms with Crippen LogP contribution >= 0.6 is 11.6 Å². The number of carbonyl (C=O) groups is 3. The standard InChI is InChI=1S/C21H19ClN2O4/c1-3-13(2)28-17-10-4-14(5-11-17)12-18-19(25)23-21(27)24(20(18)26)16-8-6-15(22)7-9-16/h4-13H,3H2,1-2H3,(H,23,25,27)/b18-12+/t13-/m0/s1. The lowest BCUT2D eigenvalue weighted by Crippen LogP contribution is -2.54. The Morgan fingerprint density at radius 3 is 2.32 bits per heavy atom. The minimum absolute atomic E-state index is 0.0915. The van der Waals surface area contributed by atoms with E-state index in [9.17, 15) is 14.4 Å². The molecule has 28 heavy (non-hydrogen) atoms. The third-order valence-electron chi connectivity index (χ3n) is 4.29. The summed E-state index contributed by atoms with van der Waals surface area (Å²) >= 11 is 5.86. The van der Waals surface area contributed by atoms with Gasteiger partial charge in [-0.05, 0) is 61.4 Å². The Morgan fingerprint density at radius 2 is 1.71 bits per heavy atom. The van der Waals surface area contributed by atoms with Crippen LogP contribution in [0.25, 0.3) is 6.08 Å². The van der Waals surface area contributed by atoms with Gasteiger partial charge in [-0.1, -0.05) is 30.7 Å². The molecule has 144 valence electrons. The SMILES string of the molecule is CC[C@H](C)Oc1ccc(/C=C2\C(=O)NC(=O)N(c3ccc(Cl)cc3)C2=O)cc1. The highest BCUT2D eigenvalue weighted by atomic mass is 35.5. The summed E-state index contributed by atoms with van der Waals surface area (Å²) in [6.07, 6.45) is 2.42. The highest BCUT2D eigenvalue weighted by molar-refractivity contribution is 6.39. The maximum Gasteiger partial charge on any atom is 0.335 e. The fourth-order valence-corrected chi connectivity index (χ4v) is 2.73. The molecule has 1 atom stereocenters. The number of benzene rings is 2. The lowest BCUT2D eigenvalue weighted by molar-refractivity contribution is -0.122. The molecule has 2 aromatic carbocycles. The van der Waals surface area contributed by atoms with Gasteiger partial charge in [-0.25, -0.2) is 9.69 Å². The zero-order chi connectivity index (χ0) is 20.3. The van der Waals surface area contributed by atoms with E-state index in [0.717, 1.165) is 11.3 Å². The molecule has 1 aliphatic heterocycles. The molecule has 0 bridgehead atoms. The van der Waals surface area contributed by atoms with Gasteiger partial charge in [0, 0.05) is 5.02 Å². The number of carbonyl (C=O) groups excluding carboxylic acids is 3. The predicted octanol–water partition coefficient (Wildman–Crippen LogP) is 4.18. The smallest absolute Gasteiger partial charge is 0.335 e. The maximum absolute atomic E-state index is 12.8. The minimum Gasteiger partial charge on any atom is -0.491 e. The van der Waals surface area contributed by atoms with Gasteiger partial charge in [0.15, 0.2) is 0 Å². The molecule has 2 aromatic rings. The molecule has 7 heteroatoms. The molecular formula is C21H19ClN2O4. The monoisotopic (exact) mass is 398 g/mol. The van der Waals surface area contributed by atoms with Gasteiger partial charge < -0.3 is 4.74 Å². The number of hydrogen-bond donors (Lipinski definition) is 1. The lowest BCUT2D eigenvalue weighted by Gasteiger charge is -2.26. The number of barbiturate groups is 1. The summed E-state index contributed by atoms with van der Waals surface area (Å²) in [5.41, 5.74) is 0.827. The number of halogens is 1. The number of hydrogen-bond acceptors (Lipinski definition) is 4. The molecule has 0 saturated carbocycles. The zero-order valence-corrected chi connectivity index (χ0v) is 16.2. The normalized spacial score (nSPS) is 16.9. The van der Waals surface area contributed by atoms with E-state index in [1.54, 1.807) is 36.4 Å². The number of amides is 4. The van der Waals surface area contributed by atoms with Crippen molar-refractivity contribution in [3.63, 3.8) is 0 Å². The molecule has 0 unspecified atom stereocenters. The van der Waals surface area contributed by atoms with E-state index in [1.165, 1.54) is 18.2 Å². The van der Waals surface area contributed by atoms with Gasteiger partial charge in [-0.15, -0.1) is 0 Å². The summed E-state index contributed by atoms with van der Waals surface area (Å²) < 4.78 is 5.72. The predicted molar refractivity (Wildman–Crippen MR) is 107 cm³/mol. The number of nitrogens with one attached hydrogen (secondary N) is 1. The summed E-state index contributed by atoms with van der Waals surface area (Å²) in [5, 5.41) is 2.66. The molecule has 1 aliphatic rings. The highest BCUT2D eigenvalue weighted by Gasteiger charge is 2.36. The Labute approximate surface area is 167 Å². The first kappa shape index (κ1) is 19.6. The third kappa shape index (κ3) is 4.23. The molecule has 3 rings (SSSR count). The number of urea groups is 1. The number of ether oxygens (including phenoxy) is 1. The average Bonchev–Trinajstić information content (AvgIpc) is 2.67. The van der Waals surface area contributed by atoms with E-state index in [0.29, 0.717) is 22.0 Å². The molecule has 6 nitrogen and oxygen atoms in total. The summed E-state index contributed by atoms with van der Waals surface area (Å²) in [7, 11) is 0. The second-order valence-corrected chi connectivity index (χ2v) is 6.78. The Balaban J connectivity index is 1.87. The molecular weight excluding hydrogens is 380 g/mol. The van der Waals surface area contributed by atoms with Crippen LogP contribution in [-0.4, -0.2) is 23.9 Å². The topological polar surface area (TPSA) is 75.7 Å². The van der Waals surface area contributed by atoms with Crippen LogP contribution in [0.1, 0.15) is 25.8 Å². The summed E-state index contributed by atoms with van der Waals surface area (Å²) in [6, 6.07) is 12.4. The van der Waals surface area contributed by atoms with Crippen molar-refractivity contribution in [2.45, 2.75) is 26.4 Å². The van der Waals surface area contributed by atoms with Crippen molar-refractivity contribution in [3.8, 4) is 5.75 Å². The van der Waals surface area contributed by atoms with Crippen molar-refractivity contribution in [3.05, 3.63) is 64.7 Å². The van der Waals surface area contributed by atoms with Crippen molar-refractivity contribution >= 4 is 41.2 Å². The second-order valence-electron chi connectivity index (χ2n) is 6.34. The minimum atomic E-state index is -0.799. The molecule has 0 aromatic heterocycles. The highest BCUT2D eigenvalue weighted by Crippen LogP contribution is 2.24. The van der Waals surface area contributed by atoms with Crippen LogP contribution in [-0.2, 0) is 9.59 Å². The zero-order valence-electron chi connectivity index (χ0n) is 15.4. The van der Waals surface area contributed by atoms with Gasteiger partial charge in [0.1, 0.15) is 11.3 Å². The Morgan fingerprint density at radius 1 is 1.07 bits per heavy atom. The van der Waals surface area contributed by atoms with E-state index in [2.05, 4.69) is 5.32 Å². The fourth-order valence-electron chi connectivity index (χ4n) is 2.61. The molecule has 4 amide bonds. The van der Waals surface area contributed by atoms with Crippen molar-refractivity contribution in [2.75, 3.05) is 4.90 Å². The quantitative estimate of drug-likeness (QED) is 0.605. The van der Waals surface area contributed by atoms with Gasteiger partial charge in [0.25, 0.3) is 11.8 Å². The van der Waals surface area contributed by atoms with Gasteiger partial charge in [-0.3, -0.25) is 14.9 Å². The molecule has 0 spiro atoms. The summed E-state index contributed by atoms with van der Waals surface area (Å²) in [5.74, 6) is -0.731. The van der Waals surface area contributed by atoms with Crippen LogP contribution in [0.2, 0.25) is 5.02 Å². The molecule has 1 heterocycles. The largest absolute Gasteiger partial charge is 0.491 e. The van der Waals surface area contributed by atoms with E-state index in [1.807, 2.05) is 13.8 Å². The van der Waals surface area contributed by atoms with E-state index < -0.39 is 17.8 Å². The fraction of sp³-hybridized carbons (Fsp3) is 0.190. The van der Waals surface area contributed by atoms with Crippen LogP contribution in [0.3, 0.4) is 0 Å². The van der Waals surface area contributed by atoms with E-state index in [4.69, 9.17) is 16.3 Å². The van der Waals surface area contributed by atoms with Gasteiger partial charge in [0.2, 0.25) is 0 Å². The van der Waals surface area contributed by atoms with Crippen molar-refractivity contribution in [2.24, 2.45) is 0 Å². The van der Waals surface area contributed by atoms with E-state index >= 15 is 0 Å². The molecule has 0 radical (unpaired) electrons. The Bertz CT molecular complexity index is 936. The van der Waals surface area contributed by atoms with Crippen LogP contribution in [0, 0.1) is 0 Å². The third-order valence-corrected chi connectivity index (χ3v) is 4.54. The summed E-state index contributed by atoms with van der Waals surface area (Å²) in [6.45, 7) is 4.01. The van der Waals surface area contributed by atoms with Gasteiger partial charge >= 0.3 is 6.03 Å². The van der Waals surface area contributed by atoms with Gasteiger partial charge in [0.05, 0.1) is 11.8 Å². The number of imide groups is 2. The first-order valence-electron chi connectivity index (χ1n) is 8.82. The number of rotatable bonds is 5. The second kappa shape index (κ2) is 8.27. The molecule has 0 aliphatic carbocycles. The van der Waals surface area contributed by atoms with Crippen LogP contribution < -0.4 is 15.0 Å². The van der Waals surface area contributed by atoms with E-state index in [-0.39, 0.29) is 11.7 Å². The molecule has 1 saturated heterocycles. The molecule has 1 N–H and O–H groups in total. The Kier molecular flexibility index (Phi) is 5.80. The number of anilines is 1.